The minimum Gasteiger partial charge on any atom is -0.322 e. The second kappa shape index (κ2) is 8.65. The van der Waals surface area contributed by atoms with E-state index in [4.69, 9.17) is 0 Å². The number of amides is 2. The molecule has 1 aromatic rings. The van der Waals surface area contributed by atoms with Gasteiger partial charge in [0.25, 0.3) is 0 Å². The first kappa shape index (κ1) is 23.8. The van der Waals surface area contributed by atoms with E-state index in [0.717, 1.165) is 51.6 Å². The van der Waals surface area contributed by atoms with Crippen molar-refractivity contribution in [3.05, 3.63) is 35.9 Å². The molecule has 0 bridgehead atoms. The molecule has 1 aromatic carbocycles. The van der Waals surface area contributed by atoms with Crippen LogP contribution in [0.1, 0.15) is 77.2 Å². The first-order valence-electron chi connectivity index (χ1n) is 13.5. The molecule has 4 fully saturated rings. The average molecular weight is 466 g/mol. The van der Waals surface area contributed by atoms with Gasteiger partial charge in [-0.15, -0.1) is 0 Å². The monoisotopic (exact) mass is 465 g/mol. The van der Waals surface area contributed by atoms with Crippen LogP contribution in [0.4, 0.5) is 4.79 Å². The molecule has 34 heavy (non-hydrogen) atoms. The highest BCUT2D eigenvalue weighted by Gasteiger charge is 2.56. The van der Waals surface area contributed by atoms with Gasteiger partial charge in [0.15, 0.2) is 0 Å². The maximum Gasteiger partial charge on any atom is 0.320 e. The topological polar surface area (TPSA) is 43.9 Å². The number of ketones is 1. The minimum absolute atomic E-state index is 0.0315. The predicted molar refractivity (Wildman–Crippen MR) is 136 cm³/mol. The molecule has 1 aliphatic heterocycles. The van der Waals surface area contributed by atoms with Crippen molar-refractivity contribution < 1.29 is 9.59 Å². The van der Waals surface area contributed by atoms with Crippen molar-refractivity contribution in [2.75, 3.05) is 33.7 Å². The van der Waals surface area contributed by atoms with Crippen molar-refractivity contribution in [2.45, 2.75) is 82.7 Å². The van der Waals surface area contributed by atoms with Gasteiger partial charge in [-0.05, 0) is 82.4 Å². The van der Waals surface area contributed by atoms with Crippen LogP contribution in [0.3, 0.4) is 0 Å². The molecule has 5 heteroatoms. The van der Waals surface area contributed by atoms with Crippen molar-refractivity contribution in [1.82, 2.24) is 14.7 Å². The molecule has 0 aromatic heterocycles. The summed E-state index contributed by atoms with van der Waals surface area (Å²) in [5.74, 6) is 1.18. The first-order valence-corrected chi connectivity index (χ1v) is 13.5. The molecular formula is C29H43N3O2. The lowest BCUT2D eigenvalue weighted by Gasteiger charge is -2.51. The van der Waals surface area contributed by atoms with Crippen LogP contribution in [-0.4, -0.2) is 65.8 Å². The molecule has 3 aliphatic carbocycles. The Morgan fingerprint density at radius 2 is 1.68 bits per heavy atom. The molecule has 1 unspecified atom stereocenters. The highest BCUT2D eigenvalue weighted by Crippen LogP contribution is 2.50. The van der Waals surface area contributed by atoms with Gasteiger partial charge in [-0.25, -0.2) is 4.79 Å². The van der Waals surface area contributed by atoms with Crippen molar-refractivity contribution >= 4 is 11.8 Å². The number of nitrogens with zero attached hydrogens (tertiary/aromatic N) is 3. The second-order valence-electron chi connectivity index (χ2n) is 12.6. The number of hydrogen-bond donors (Lipinski definition) is 0. The molecule has 1 heterocycles. The molecule has 5 rings (SSSR count). The maximum absolute atomic E-state index is 13.8. The summed E-state index contributed by atoms with van der Waals surface area (Å²) in [6.07, 6.45) is 9.42. The van der Waals surface area contributed by atoms with Crippen molar-refractivity contribution in [3.8, 4) is 0 Å². The van der Waals surface area contributed by atoms with E-state index in [0.29, 0.717) is 24.7 Å². The summed E-state index contributed by atoms with van der Waals surface area (Å²) >= 11 is 0. The summed E-state index contributed by atoms with van der Waals surface area (Å²) in [5.41, 5.74) is 1.20. The molecule has 0 radical (unpaired) electrons. The Hall–Kier alpha value is -1.88. The fourth-order valence-corrected chi connectivity index (χ4v) is 7.38. The summed E-state index contributed by atoms with van der Waals surface area (Å²) < 4.78 is 0. The Kier molecular flexibility index (Phi) is 6.07. The van der Waals surface area contributed by atoms with Gasteiger partial charge in [-0.1, -0.05) is 44.2 Å². The summed E-state index contributed by atoms with van der Waals surface area (Å²) in [7, 11) is 4.42. The van der Waals surface area contributed by atoms with Gasteiger partial charge in [-0.3, -0.25) is 9.69 Å². The SMILES string of the molecule is CN(C)[C@]1(c2ccccc2)CC[C@]2(CC1)CN(CC(C)(C)C1CCCC1=O)C(=O)N2CC1CC1. The van der Waals surface area contributed by atoms with Crippen molar-refractivity contribution in [3.63, 3.8) is 0 Å². The largest absolute Gasteiger partial charge is 0.322 e. The van der Waals surface area contributed by atoms with Crippen molar-refractivity contribution in [1.29, 1.82) is 0 Å². The number of hydrogen-bond acceptors (Lipinski definition) is 3. The number of benzene rings is 1. The molecule has 3 saturated carbocycles. The number of Topliss-reactive ketones (excluding diaryl/α,β-unsaturated/α-hetero) is 1. The average Bonchev–Trinajstić information content (AvgIpc) is 3.48. The predicted octanol–water partition coefficient (Wildman–Crippen LogP) is 5.30. The summed E-state index contributed by atoms with van der Waals surface area (Å²) in [6, 6.07) is 11.2. The molecule has 2 amide bonds. The van der Waals surface area contributed by atoms with E-state index < -0.39 is 0 Å². The molecule has 186 valence electrons. The maximum atomic E-state index is 13.8. The Morgan fingerprint density at radius 3 is 2.24 bits per heavy atom. The third-order valence-corrected chi connectivity index (χ3v) is 9.72. The smallest absolute Gasteiger partial charge is 0.320 e. The Labute approximate surface area is 205 Å². The van der Waals surface area contributed by atoms with Crippen LogP contribution in [0, 0.1) is 17.3 Å². The highest BCUT2D eigenvalue weighted by atomic mass is 16.2. The van der Waals surface area contributed by atoms with Crippen LogP contribution < -0.4 is 0 Å². The van der Waals surface area contributed by atoms with E-state index in [1.54, 1.807) is 0 Å². The standard InChI is InChI=1S/C29H43N3O2/c1-27(2,24-11-8-12-25(24)33)20-31-21-28(32(26(31)34)19-22-13-14-22)15-17-29(18-16-28,30(3)4)23-9-6-5-7-10-23/h5-7,9-10,22,24H,8,11-21H2,1-4H3/t24?,28-,29+. The Bertz CT molecular complexity index is 913. The van der Waals surface area contributed by atoms with Gasteiger partial charge >= 0.3 is 6.03 Å². The van der Waals surface area contributed by atoms with Gasteiger partial charge < -0.3 is 9.80 Å². The van der Waals surface area contributed by atoms with Crippen LogP contribution in [0.25, 0.3) is 0 Å². The lowest BCUT2D eigenvalue weighted by molar-refractivity contribution is -0.124. The van der Waals surface area contributed by atoms with Crippen molar-refractivity contribution in [2.24, 2.45) is 17.3 Å². The normalized spacial score (nSPS) is 32.4. The number of carbonyl (C=O) groups is 2. The zero-order chi connectivity index (χ0) is 24.1. The molecule has 0 N–H and O–H groups in total. The first-order chi connectivity index (χ1) is 16.2. The zero-order valence-electron chi connectivity index (χ0n) is 21.7. The number of rotatable bonds is 7. The van der Waals surface area contributed by atoms with Gasteiger partial charge in [0, 0.05) is 37.5 Å². The Balaban J connectivity index is 1.38. The molecule has 1 spiro atoms. The lowest BCUT2D eigenvalue weighted by atomic mass is 9.68. The van der Waals surface area contributed by atoms with Crippen LogP contribution in [0.5, 0.6) is 0 Å². The fraction of sp³-hybridized carbons (Fsp3) is 0.724. The minimum atomic E-state index is -0.161. The third kappa shape index (κ3) is 4.08. The highest BCUT2D eigenvalue weighted by molar-refractivity contribution is 5.84. The Morgan fingerprint density at radius 1 is 1.00 bits per heavy atom. The van der Waals surface area contributed by atoms with Gasteiger partial charge in [0.05, 0.1) is 5.54 Å². The lowest BCUT2D eigenvalue weighted by Crippen LogP contribution is -2.55. The molecule has 5 nitrogen and oxygen atoms in total. The summed E-state index contributed by atoms with van der Waals surface area (Å²) in [5, 5.41) is 0. The summed E-state index contributed by atoms with van der Waals surface area (Å²) in [6.45, 7) is 6.84. The third-order valence-electron chi connectivity index (χ3n) is 9.72. The van der Waals surface area contributed by atoms with E-state index in [-0.39, 0.29) is 28.4 Å². The molecular weight excluding hydrogens is 422 g/mol. The van der Waals surface area contributed by atoms with E-state index in [9.17, 15) is 9.59 Å². The summed E-state index contributed by atoms with van der Waals surface area (Å²) in [4.78, 5) is 33.2. The second-order valence-corrected chi connectivity index (χ2v) is 12.6. The molecule has 1 saturated heterocycles. The van der Waals surface area contributed by atoms with E-state index >= 15 is 0 Å². The zero-order valence-corrected chi connectivity index (χ0v) is 21.7. The van der Waals surface area contributed by atoms with Gasteiger partial charge in [0.2, 0.25) is 0 Å². The van der Waals surface area contributed by atoms with Crippen LogP contribution in [0.15, 0.2) is 30.3 Å². The van der Waals surface area contributed by atoms with E-state index in [2.05, 4.69) is 73.0 Å². The number of urea groups is 1. The van der Waals surface area contributed by atoms with Gasteiger partial charge in [-0.2, -0.15) is 0 Å². The molecule has 1 atom stereocenters. The van der Waals surface area contributed by atoms with E-state index in [1.165, 1.54) is 18.4 Å². The van der Waals surface area contributed by atoms with Crippen LogP contribution >= 0.6 is 0 Å². The quantitative estimate of drug-likeness (QED) is 0.549. The van der Waals surface area contributed by atoms with E-state index in [1.807, 2.05) is 0 Å². The number of carbonyl (C=O) groups excluding carboxylic acids is 2. The van der Waals surface area contributed by atoms with Crippen LogP contribution in [0.2, 0.25) is 0 Å². The molecule has 4 aliphatic rings. The fourth-order valence-electron chi connectivity index (χ4n) is 7.38. The van der Waals surface area contributed by atoms with Crippen LogP contribution in [-0.2, 0) is 10.3 Å². The van der Waals surface area contributed by atoms with Gasteiger partial charge in [0.1, 0.15) is 5.78 Å².